The van der Waals surface area contributed by atoms with Crippen molar-refractivity contribution >= 4 is 6.09 Å². The minimum atomic E-state index is -0.411. The molecular weight excluding hydrogens is 252 g/mol. The summed E-state index contributed by atoms with van der Waals surface area (Å²) in [5.41, 5.74) is -0.411. The number of carbonyl (C=O) groups excluding carboxylic acids is 1. The van der Waals surface area contributed by atoms with Crippen LogP contribution in [0.4, 0.5) is 4.79 Å². The van der Waals surface area contributed by atoms with E-state index in [1.54, 1.807) is 0 Å². The normalized spacial score (nSPS) is 21.6. The molecule has 1 aliphatic heterocycles. The molecule has 118 valence electrons. The Kier molecular flexibility index (Phi) is 6.80. The third-order valence-electron chi connectivity index (χ3n) is 3.67. The maximum absolute atomic E-state index is 12.1. The second kappa shape index (κ2) is 7.87. The maximum Gasteiger partial charge on any atom is 0.410 e. The largest absolute Gasteiger partial charge is 0.444 e. The molecule has 4 nitrogen and oxygen atoms in total. The quantitative estimate of drug-likeness (QED) is 0.839. The van der Waals surface area contributed by atoms with E-state index in [1.807, 2.05) is 25.7 Å². The molecule has 0 aromatic carbocycles. The van der Waals surface area contributed by atoms with Crippen LogP contribution in [0.15, 0.2) is 0 Å². The van der Waals surface area contributed by atoms with Gasteiger partial charge in [-0.15, -0.1) is 0 Å². The lowest BCUT2D eigenvalue weighted by molar-refractivity contribution is 0.0182. The van der Waals surface area contributed by atoms with Crippen LogP contribution in [-0.4, -0.2) is 41.8 Å². The Morgan fingerprint density at radius 2 is 2.10 bits per heavy atom. The average molecular weight is 284 g/mol. The van der Waals surface area contributed by atoms with Crippen LogP contribution < -0.4 is 5.32 Å². The number of piperidine rings is 1. The van der Waals surface area contributed by atoms with Gasteiger partial charge >= 0.3 is 6.09 Å². The molecule has 4 heteroatoms. The first-order valence-corrected chi connectivity index (χ1v) is 8.09. The van der Waals surface area contributed by atoms with Crippen LogP contribution in [0.5, 0.6) is 0 Å². The minimum Gasteiger partial charge on any atom is -0.444 e. The fraction of sp³-hybridized carbons (Fsp3) is 0.938. The van der Waals surface area contributed by atoms with Crippen molar-refractivity contribution in [3.8, 4) is 0 Å². The van der Waals surface area contributed by atoms with E-state index >= 15 is 0 Å². The number of ether oxygens (including phenoxy) is 1. The summed E-state index contributed by atoms with van der Waals surface area (Å²) < 4.78 is 5.46. The van der Waals surface area contributed by atoms with Gasteiger partial charge in [-0.3, -0.25) is 0 Å². The van der Waals surface area contributed by atoms with Crippen LogP contribution in [0.3, 0.4) is 0 Å². The molecule has 0 radical (unpaired) electrons. The topological polar surface area (TPSA) is 41.6 Å². The number of hydrogen-bond donors (Lipinski definition) is 1. The first-order valence-electron chi connectivity index (χ1n) is 8.09. The average Bonchev–Trinajstić information content (AvgIpc) is 2.36. The van der Waals surface area contributed by atoms with E-state index in [1.165, 1.54) is 12.8 Å². The van der Waals surface area contributed by atoms with Crippen molar-refractivity contribution in [2.24, 2.45) is 0 Å². The Hall–Kier alpha value is -0.770. The highest BCUT2D eigenvalue weighted by atomic mass is 16.6. The highest BCUT2D eigenvalue weighted by Crippen LogP contribution is 2.16. The van der Waals surface area contributed by atoms with Crippen molar-refractivity contribution in [2.45, 2.75) is 84.4 Å². The number of nitrogens with zero attached hydrogens (tertiary/aromatic N) is 1. The van der Waals surface area contributed by atoms with E-state index in [0.29, 0.717) is 12.1 Å². The molecule has 2 atom stereocenters. The smallest absolute Gasteiger partial charge is 0.410 e. The fourth-order valence-corrected chi connectivity index (χ4v) is 2.69. The summed E-state index contributed by atoms with van der Waals surface area (Å²) in [7, 11) is 0. The summed E-state index contributed by atoms with van der Waals surface area (Å²) in [5.74, 6) is 0. The molecule has 1 rings (SSSR count). The molecule has 0 aromatic rings. The molecular formula is C16H32N2O2. The van der Waals surface area contributed by atoms with Crippen LogP contribution in [0, 0.1) is 0 Å². The minimum absolute atomic E-state index is 0.174. The number of carbonyl (C=O) groups is 1. The lowest BCUT2D eigenvalue weighted by atomic mass is 10.0. The summed E-state index contributed by atoms with van der Waals surface area (Å²) in [4.78, 5) is 14.0. The highest BCUT2D eigenvalue weighted by molar-refractivity contribution is 5.68. The number of nitrogens with one attached hydrogen (secondary N) is 1. The monoisotopic (exact) mass is 284 g/mol. The molecule has 1 heterocycles. The molecule has 2 unspecified atom stereocenters. The van der Waals surface area contributed by atoms with Gasteiger partial charge in [0.1, 0.15) is 5.60 Å². The summed E-state index contributed by atoms with van der Waals surface area (Å²) in [6, 6.07) is 0.983. The van der Waals surface area contributed by atoms with Crippen molar-refractivity contribution < 1.29 is 9.53 Å². The van der Waals surface area contributed by atoms with Gasteiger partial charge in [-0.1, -0.05) is 20.3 Å². The van der Waals surface area contributed by atoms with Crippen LogP contribution in [0.2, 0.25) is 0 Å². The molecule has 1 fully saturated rings. The predicted octanol–water partition coefficient (Wildman–Crippen LogP) is 3.55. The Morgan fingerprint density at radius 3 is 2.65 bits per heavy atom. The Balaban J connectivity index is 2.47. The van der Waals surface area contributed by atoms with Gasteiger partial charge in [0.2, 0.25) is 0 Å². The maximum atomic E-state index is 12.1. The zero-order valence-electron chi connectivity index (χ0n) is 13.9. The van der Waals surface area contributed by atoms with Crippen LogP contribution in [0.25, 0.3) is 0 Å². The second-order valence-corrected chi connectivity index (χ2v) is 6.83. The summed E-state index contributed by atoms with van der Waals surface area (Å²) >= 11 is 0. The summed E-state index contributed by atoms with van der Waals surface area (Å²) in [6.07, 6.45) is 5.59. The third-order valence-corrected chi connectivity index (χ3v) is 3.67. The molecule has 1 amide bonds. The van der Waals surface area contributed by atoms with Gasteiger partial charge in [0.25, 0.3) is 0 Å². The number of hydrogen-bond acceptors (Lipinski definition) is 3. The zero-order valence-corrected chi connectivity index (χ0v) is 13.9. The van der Waals surface area contributed by atoms with E-state index in [9.17, 15) is 4.79 Å². The van der Waals surface area contributed by atoms with Gasteiger partial charge in [-0.2, -0.15) is 0 Å². The molecule has 1 aliphatic rings. The van der Waals surface area contributed by atoms with Crippen molar-refractivity contribution in [3.05, 3.63) is 0 Å². The SMILES string of the molecule is CCCC(CC)NC1CCCN(C(=O)OC(C)(C)C)C1. The van der Waals surface area contributed by atoms with Crippen molar-refractivity contribution in [1.82, 2.24) is 10.2 Å². The molecule has 0 saturated carbocycles. The molecule has 0 spiro atoms. The van der Waals surface area contributed by atoms with E-state index < -0.39 is 5.60 Å². The standard InChI is InChI=1S/C16H32N2O2/c1-6-9-13(7-2)17-14-10-8-11-18(12-14)15(19)20-16(3,4)5/h13-14,17H,6-12H2,1-5H3. The van der Waals surface area contributed by atoms with Crippen LogP contribution >= 0.6 is 0 Å². The lowest BCUT2D eigenvalue weighted by Crippen LogP contribution is -2.51. The predicted molar refractivity (Wildman–Crippen MR) is 83.0 cm³/mol. The van der Waals surface area contributed by atoms with Gasteiger partial charge < -0.3 is 15.0 Å². The van der Waals surface area contributed by atoms with Gasteiger partial charge in [0.15, 0.2) is 0 Å². The highest BCUT2D eigenvalue weighted by Gasteiger charge is 2.28. The number of rotatable bonds is 5. The fourth-order valence-electron chi connectivity index (χ4n) is 2.69. The van der Waals surface area contributed by atoms with Gasteiger partial charge in [0, 0.05) is 25.2 Å². The molecule has 20 heavy (non-hydrogen) atoms. The lowest BCUT2D eigenvalue weighted by Gasteiger charge is -2.36. The summed E-state index contributed by atoms with van der Waals surface area (Å²) in [5, 5.41) is 3.70. The van der Waals surface area contributed by atoms with Gasteiger partial charge in [-0.05, 0) is 46.5 Å². The molecule has 1 saturated heterocycles. The van der Waals surface area contributed by atoms with Crippen molar-refractivity contribution in [1.29, 1.82) is 0 Å². The van der Waals surface area contributed by atoms with E-state index in [2.05, 4.69) is 19.2 Å². The van der Waals surface area contributed by atoms with E-state index in [0.717, 1.165) is 32.4 Å². The van der Waals surface area contributed by atoms with Crippen LogP contribution in [0.1, 0.15) is 66.7 Å². The Labute approximate surface area is 124 Å². The second-order valence-electron chi connectivity index (χ2n) is 6.83. The Morgan fingerprint density at radius 1 is 1.40 bits per heavy atom. The van der Waals surface area contributed by atoms with E-state index in [-0.39, 0.29) is 6.09 Å². The number of amides is 1. The van der Waals surface area contributed by atoms with Crippen molar-refractivity contribution in [3.63, 3.8) is 0 Å². The summed E-state index contributed by atoms with van der Waals surface area (Å²) in [6.45, 7) is 11.8. The molecule has 1 N–H and O–H groups in total. The van der Waals surface area contributed by atoms with Gasteiger partial charge in [0.05, 0.1) is 0 Å². The van der Waals surface area contributed by atoms with Gasteiger partial charge in [-0.25, -0.2) is 4.79 Å². The van der Waals surface area contributed by atoms with E-state index in [4.69, 9.17) is 4.74 Å². The third kappa shape index (κ3) is 6.12. The zero-order chi connectivity index (χ0) is 15.2. The molecule has 0 aromatic heterocycles. The van der Waals surface area contributed by atoms with Crippen molar-refractivity contribution in [2.75, 3.05) is 13.1 Å². The number of likely N-dealkylation sites (tertiary alicyclic amines) is 1. The Bertz CT molecular complexity index is 299. The molecule has 0 bridgehead atoms. The first kappa shape index (κ1) is 17.3. The van der Waals surface area contributed by atoms with Crippen LogP contribution in [-0.2, 0) is 4.74 Å². The molecule has 0 aliphatic carbocycles. The first-order chi connectivity index (χ1) is 9.35.